The number of para-hydroxylation sites is 1. The molecule has 0 saturated carbocycles. The van der Waals surface area contributed by atoms with E-state index in [0.29, 0.717) is 0 Å². The fraction of sp³-hybridized carbons (Fsp3) is 0.389. The van der Waals surface area contributed by atoms with Gasteiger partial charge in [-0.05, 0) is 55.2 Å². The number of rotatable bonds is 7. The molecule has 1 atom stereocenters. The van der Waals surface area contributed by atoms with Gasteiger partial charge in [-0.15, -0.1) is 0 Å². The lowest BCUT2D eigenvalue weighted by atomic mass is 10.0. The van der Waals surface area contributed by atoms with E-state index in [1.54, 1.807) is 0 Å². The smallest absolute Gasteiger partial charge is 0.0440 e. The lowest BCUT2D eigenvalue weighted by Gasteiger charge is -2.25. The van der Waals surface area contributed by atoms with Crippen LogP contribution in [-0.2, 0) is 0 Å². The van der Waals surface area contributed by atoms with E-state index >= 15 is 0 Å². The molecule has 2 heteroatoms. The molecule has 3 aromatic rings. The van der Waals surface area contributed by atoms with Gasteiger partial charge >= 0.3 is 0 Å². The summed E-state index contributed by atoms with van der Waals surface area (Å²) in [6, 6.07) is 28.4. The molecule has 0 spiro atoms. The Morgan fingerprint density at radius 1 is 0.763 bits per heavy atom. The van der Waals surface area contributed by atoms with Crippen LogP contribution in [0.4, 0.5) is 5.69 Å². The lowest BCUT2D eigenvalue weighted by molar-refractivity contribution is 0.626. The summed E-state index contributed by atoms with van der Waals surface area (Å²) >= 11 is 0. The van der Waals surface area contributed by atoms with Crippen molar-refractivity contribution in [1.29, 1.82) is 0 Å². The van der Waals surface area contributed by atoms with Gasteiger partial charge in [-0.1, -0.05) is 152 Å². The highest BCUT2D eigenvalue weighted by molar-refractivity contribution is 7.77. The molecule has 0 amide bonds. The van der Waals surface area contributed by atoms with Crippen LogP contribution in [0.5, 0.6) is 0 Å². The number of benzene rings is 3. The molecule has 0 radical (unpaired) electrons. The molecule has 0 aliphatic heterocycles. The number of anilines is 1. The minimum atomic E-state index is -0.641. The largest absolute Gasteiger partial charge is 0.377 e. The first-order valence-electron chi connectivity index (χ1n) is 14.4. The predicted octanol–water partition coefficient (Wildman–Crippen LogP) is 10.8. The third-order valence-corrected chi connectivity index (χ3v) is 8.15. The Morgan fingerprint density at radius 2 is 1.24 bits per heavy atom. The quantitative estimate of drug-likeness (QED) is 0.216. The molecule has 3 aromatic carbocycles. The molecule has 0 aromatic heterocycles. The summed E-state index contributed by atoms with van der Waals surface area (Å²) in [5, 5.41) is 4.14. The van der Waals surface area contributed by atoms with E-state index < -0.39 is 7.92 Å². The van der Waals surface area contributed by atoms with Crippen molar-refractivity contribution in [3.05, 3.63) is 102 Å². The summed E-state index contributed by atoms with van der Waals surface area (Å²) in [4.78, 5) is 2.19. The van der Waals surface area contributed by atoms with Crippen molar-refractivity contribution in [2.45, 2.75) is 75.2 Å². The summed E-state index contributed by atoms with van der Waals surface area (Å²) in [6.45, 7) is 19.1. The van der Waals surface area contributed by atoms with Gasteiger partial charge in [-0.2, -0.15) is 0 Å². The Balaban J connectivity index is 0.00000119. The second kappa shape index (κ2) is 21.3. The summed E-state index contributed by atoms with van der Waals surface area (Å²) < 4.78 is 0. The maximum atomic E-state index is 2.30. The van der Waals surface area contributed by atoms with Gasteiger partial charge in [0.25, 0.3) is 0 Å². The molecule has 0 bridgehead atoms. The Bertz CT molecular complexity index is 1050. The second-order valence-electron chi connectivity index (χ2n) is 9.32. The normalized spacial score (nSPS) is 11.4. The van der Waals surface area contributed by atoms with Crippen molar-refractivity contribution in [3.8, 4) is 11.1 Å². The SMILES string of the molecule is C/C=C\C(=C/C)P(c1ccccc1)c1ccccc1-c1ccccc1N(C)C.CC.CCC.CCC(C)C. The number of hydrogen-bond donors (Lipinski definition) is 0. The van der Waals surface area contributed by atoms with Crippen molar-refractivity contribution >= 4 is 24.2 Å². The van der Waals surface area contributed by atoms with E-state index in [-0.39, 0.29) is 0 Å². The summed E-state index contributed by atoms with van der Waals surface area (Å²) in [6.07, 6.45) is 9.21. The van der Waals surface area contributed by atoms with Crippen LogP contribution in [0.25, 0.3) is 11.1 Å². The summed E-state index contributed by atoms with van der Waals surface area (Å²) in [5.74, 6) is 0.884. The number of allylic oxidation sites excluding steroid dienone is 4. The van der Waals surface area contributed by atoms with Crippen LogP contribution in [0.15, 0.2) is 102 Å². The maximum absolute atomic E-state index is 2.30. The van der Waals surface area contributed by atoms with E-state index in [9.17, 15) is 0 Å². The average molecular weight is 532 g/mol. The highest BCUT2D eigenvalue weighted by Gasteiger charge is 2.21. The van der Waals surface area contributed by atoms with Gasteiger partial charge in [-0.3, -0.25) is 0 Å². The fourth-order valence-electron chi connectivity index (χ4n) is 3.46. The lowest BCUT2D eigenvalue weighted by Crippen LogP contribution is -2.16. The molecule has 0 heterocycles. The highest BCUT2D eigenvalue weighted by Crippen LogP contribution is 2.46. The molecule has 0 saturated heterocycles. The van der Waals surface area contributed by atoms with Gasteiger partial charge < -0.3 is 4.90 Å². The first kappa shape index (κ1) is 35.4. The Morgan fingerprint density at radius 3 is 1.71 bits per heavy atom. The topological polar surface area (TPSA) is 3.24 Å². The molecule has 38 heavy (non-hydrogen) atoms. The Hall–Kier alpha value is -2.63. The molecule has 1 unspecified atom stereocenters. The van der Waals surface area contributed by atoms with Gasteiger partial charge in [0.15, 0.2) is 0 Å². The number of nitrogens with zero attached hydrogens (tertiary/aromatic N) is 1. The van der Waals surface area contributed by atoms with Crippen LogP contribution < -0.4 is 15.5 Å². The van der Waals surface area contributed by atoms with Crippen molar-refractivity contribution in [2.24, 2.45) is 5.92 Å². The van der Waals surface area contributed by atoms with E-state index in [2.05, 4.69) is 165 Å². The van der Waals surface area contributed by atoms with Crippen molar-refractivity contribution in [2.75, 3.05) is 19.0 Å². The average Bonchev–Trinajstić information content (AvgIpc) is 2.95. The number of hydrogen-bond acceptors (Lipinski definition) is 1. The van der Waals surface area contributed by atoms with E-state index in [1.165, 1.54) is 45.6 Å². The molecular formula is C36H54NP. The van der Waals surface area contributed by atoms with Crippen LogP contribution in [-0.4, -0.2) is 14.1 Å². The predicted molar refractivity (Wildman–Crippen MR) is 180 cm³/mol. The summed E-state index contributed by atoms with van der Waals surface area (Å²) in [5.41, 5.74) is 3.83. The van der Waals surface area contributed by atoms with Gasteiger partial charge in [0.2, 0.25) is 0 Å². The Labute approximate surface area is 237 Å². The minimum Gasteiger partial charge on any atom is -0.377 e. The fourth-order valence-corrected chi connectivity index (χ4v) is 6.01. The molecule has 0 N–H and O–H groups in total. The van der Waals surface area contributed by atoms with Gasteiger partial charge in [0.1, 0.15) is 0 Å². The van der Waals surface area contributed by atoms with Crippen molar-refractivity contribution in [1.82, 2.24) is 0 Å². The van der Waals surface area contributed by atoms with Crippen LogP contribution >= 0.6 is 7.92 Å². The second-order valence-corrected chi connectivity index (χ2v) is 11.5. The highest BCUT2D eigenvalue weighted by atomic mass is 31.1. The van der Waals surface area contributed by atoms with E-state index in [4.69, 9.17) is 0 Å². The van der Waals surface area contributed by atoms with Crippen molar-refractivity contribution in [3.63, 3.8) is 0 Å². The summed E-state index contributed by atoms with van der Waals surface area (Å²) in [7, 11) is 3.58. The minimum absolute atomic E-state index is 0.641. The zero-order chi connectivity index (χ0) is 28.9. The van der Waals surface area contributed by atoms with Crippen molar-refractivity contribution < 1.29 is 0 Å². The molecule has 0 fully saturated rings. The van der Waals surface area contributed by atoms with E-state index in [0.717, 1.165) is 5.92 Å². The van der Waals surface area contributed by atoms with Crippen LogP contribution in [0.2, 0.25) is 0 Å². The van der Waals surface area contributed by atoms with Gasteiger partial charge in [-0.25, -0.2) is 0 Å². The zero-order valence-electron chi connectivity index (χ0n) is 26.1. The van der Waals surface area contributed by atoms with E-state index in [1.807, 2.05) is 13.8 Å². The monoisotopic (exact) mass is 531 g/mol. The Kier molecular flexibility index (Phi) is 19.8. The first-order chi connectivity index (χ1) is 18.4. The van der Waals surface area contributed by atoms with Crippen LogP contribution in [0.1, 0.15) is 75.2 Å². The molecule has 208 valence electrons. The van der Waals surface area contributed by atoms with Crippen LogP contribution in [0, 0.1) is 5.92 Å². The zero-order valence-corrected chi connectivity index (χ0v) is 27.0. The van der Waals surface area contributed by atoms with Gasteiger partial charge in [0.05, 0.1) is 0 Å². The molecule has 0 aliphatic carbocycles. The molecular weight excluding hydrogens is 477 g/mol. The standard InChI is InChI=1S/C26H28NP.C5H12.C3H8.C2H6/c1-5-14-21(6-2)28(22-15-8-7-9-16-22)26-20-13-11-18-24(26)23-17-10-12-19-25(23)27(3)4;1-4-5(2)3;1-3-2;1-2/h5-20H,1-4H3;5H,4H2,1-3H3;3H2,1-2H3;1-2H3/b14-5-,21-6+;;;. The maximum Gasteiger partial charge on any atom is 0.0440 e. The third kappa shape index (κ3) is 11.8. The molecule has 3 rings (SSSR count). The van der Waals surface area contributed by atoms with Gasteiger partial charge in [0, 0.05) is 25.3 Å². The molecule has 1 nitrogen and oxygen atoms in total. The third-order valence-electron chi connectivity index (χ3n) is 5.54. The first-order valence-corrected chi connectivity index (χ1v) is 15.7. The molecule has 0 aliphatic rings. The van der Waals surface area contributed by atoms with Crippen LogP contribution in [0.3, 0.4) is 0 Å².